The molecule has 0 saturated carbocycles. The normalized spacial score (nSPS) is 18.2. The van der Waals surface area contributed by atoms with Crippen LogP contribution in [0.5, 0.6) is 5.75 Å². The van der Waals surface area contributed by atoms with Crippen LogP contribution in [0.15, 0.2) is 36.4 Å². The van der Waals surface area contributed by atoms with Crippen molar-refractivity contribution in [3.05, 3.63) is 53.1 Å². The molecular formula is C21H23N3O3. The lowest BCUT2D eigenvalue weighted by molar-refractivity contribution is 0.0719. The van der Waals surface area contributed by atoms with Gasteiger partial charge in [0, 0.05) is 19.2 Å². The number of aryl methyl sites for hydroxylation is 1. The lowest BCUT2D eigenvalue weighted by Gasteiger charge is -2.40. The van der Waals surface area contributed by atoms with E-state index in [1.54, 1.807) is 25.3 Å². The smallest absolute Gasteiger partial charge is 0.257 e. The molecule has 1 fully saturated rings. The highest BCUT2D eigenvalue weighted by Gasteiger charge is 2.38. The van der Waals surface area contributed by atoms with Crippen LogP contribution < -0.4 is 15.0 Å². The van der Waals surface area contributed by atoms with Crippen LogP contribution in [-0.4, -0.2) is 43.6 Å². The largest absolute Gasteiger partial charge is 0.495 e. The third-order valence-corrected chi connectivity index (χ3v) is 5.40. The molecule has 2 aliphatic rings. The van der Waals surface area contributed by atoms with Gasteiger partial charge in [0.25, 0.3) is 11.8 Å². The van der Waals surface area contributed by atoms with E-state index in [9.17, 15) is 9.59 Å². The molecule has 0 bridgehead atoms. The molecule has 1 N–H and O–H groups in total. The first-order chi connectivity index (χ1) is 13.0. The minimum atomic E-state index is -0.226. The number of methoxy groups -OCH3 is 1. The zero-order chi connectivity index (χ0) is 19.1. The van der Waals surface area contributed by atoms with E-state index in [0.717, 1.165) is 30.6 Å². The van der Waals surface area contributed by atoms with Gasteiger partial charge in [-0.1, -0.05) is 6.07 Å². The van der Waals surface area contributed by atoms with Gasteiger partial charge < -0.3 is 19.9 Å². The molecule has 4 rings (SSSR count). The van der Waals surface area contributed by atoms with Gasteiger partial charge in [-0.15, -0.1) is 0 Å². The molecule has 1 atom stereocenters. The zero-order valence-corrected chi connectivity index (χ0v) is 15.8. The summed E-state index contributed by atoms with van der Waals surface area (Å²) in [6.07, 6.45) is 2.05. The molecule has 0 spiro atoms. The number of anilines is 2. The van der Waals surface area contributed by atoms with Crippen LogP contribution in [-0.2, 0) is 0 Å². The predicted octanol–water partition coefficient (Wildman–Crippen LogP) is 3.27. The van der Waals surface area contributed by atoms with Gasteiger partial charge >= 0.3 is 0 Å². The molecule has 2 aromatic carbocycles. The Morgan fingerprint density at radius 3 is 2.81 bits per heavy atom. The minimum Gasteiger partial charge on any atom is -0.495 e. The molecule has 2 heterocycles. The summed E-state index contributed by atoms with van der Waals surface area (Å²) in [5, 5.41) is 2.92. The molecule has 2 aromatic rings. The summed E-state index contributed by atoms with van der Waals surface area (Å²) in [7, 11) is 3.56. The fraction of sp³-hybridized carbons (Fsp3) is 0.333. The topological polar surface area (TPSA) is 61.9 Å². The van der Waals surface area contributed by atoms with E-state index in [4.69, 9.17) is 4.74 Å². The number of fused-ring (bicyclic) bond motifs is 2. The van der Waals surface area contributed by atoms with Gasteiger partial charge in [-0.05, 0) is 55.7 Å². The number of carbonyl (C=O) groups is 2. The summed E-state index contributed by atoms with van der Waals surface area (Å²) in [4.78, 5) is 29.6. The molecular weight excluding hydrogens is 342 g/mol. The van der Waals surface area contributed by atoms with Crippen molar-refractivity contribution < 1.29 is 14.3 Å². The van der Waals surface area contributed by atoms with E-state index < -0.39 is 0 Å². The van der Waals surface area contributed by atoms with Crippen LogP contribution in [0.2, 0.25) is 0 Å². The fourth-order valence-electron chi connectivity index (χ4n) is 3.96. The van der Waals surface area contributed by atoms with Crippen molar-refractivity contribution in [2.75, 3.05) is 30.9 Å². The van der Waals surface area contributed by atoms with Gasteiger partial charge in [-0.25, -0.2) is 0 Å². The van der Waals surface area contributed by atoms with E-state index in [2.05, 4.69) is 10.2 Å². The van der Waals surface area contributed by atoms with Gasteiger partial charge in [0.15, 0.2) is 0 Å². The zero-order valence-electron chi connectivity index (χ0n) is 15.8. The maximum Gasteiger partial charge on any atom is 0.257 e. The predicted molar refractivity (Wildman–Crippen MR) is 105 cm³/mol. The number of nitrogens with zero attached hydrogens (tertiary/aromatic N) is 2. The molecule has 1 unspecified atom stereocenters. The summed E-state index contributed by atoms with van der Waals surface area (Å²) in [6.45, 7) is 2.75. The van der Waals surface area contributed by atoms with E-state index in [-0.39, 0.29) is 18.0 Å². The first-order valence-corrected chi connectivity index (χ1v) is 9.13. The van der Waals surface area contributed by atoms with Crippen molar-refractivity contribution in [1.82, 2.24) is 4.90 Å². The van der Waals surface area contributed by atoms with Crippen molar-refractivity contribution in [3.8, 4) is 5.75 Å². The Hall–Kier alpha value is -3.02. The minimum absolute atomic E-state index is 0.0536. The monoisotopic (exact) mass is 365 g/mol. The molecule has 0 radical (unpaired) electrons. The second kappa shape index (κ2) is 6.61. The summed E-state index contributed by atoms with van der Waals surface area (Å²) in [5.74, 6) is 0.440. The number of nitrogens with one attached hydrogen (secondary N) is 1. The molecule has 140 valence electrons. The van der Waals surface area contributed by atoms with Gasteiger partial charge in [0.1, 0.15) is 11.9 Å². The van der Waals surface area contributed by atoms with E-state index in [1.807, 2.05) is 37.1 Å². The molecule has 0 aromatic heterocycles. The molecule has 1 saturated heterocycles. The van der Waals surface area contributed by atoms with Gasteiger partial charge in [0.05, 0.1) is 24.0 Å². The van der Waals surface area contributed by atoms with Crippen LogP contribution in [0.25, 0.3) is 0 Å². The number of ether oxygens (including phenoxy) is 1. The van der Waals surface area contributed by atoms with Crippen molar-refractivity contribution in [2.24, 2.45) is 0 Å². The number of amides is 2. The second-order valence-corrected chi connectivity index (χ2v) is 7.12. The summed E-state index contributed by atoms with van der Waals surface area (Å²) in [5.41, 5.74) is 3.64. The number of hydrogen-bond acceptors (Lipinski definition) is 4. The molecule has 0 aliphatic carbocycles. The van der Waals surface area contributed by atoms with Crippen molar-refractivity contribution >= 4 is 23.2 Å². The molecule has 6 heteroatoms. The molecule has 2 aliphatic heterocycles. The van der Waals surface area contributed by atoms with E-state index in [0.29, 0.717) is 22.6 Å². The highest BCUT2D eigenvalue weighted by atomic mass is 16.5. The van der Waals surface area contributed by atoms with E-state index >= 15 is 0 Å². The fourth-order valence-corrected chi connectivity index (χ4v) is 3.96. The Balaban J connectivity index is 1.65. The maximum absolute atomic E-state index is 12.8. The van der Waals surface area contributed by atoms with Gasteiger partial charge in [-0.3, -0.25) is 9.59 Å². The van der Waals surface area contributed by atoms with Crippen LogP contribution in [0.4, 0.5) is 11.4 Å². The summed E-state index contributed by atoms with van der Waals surface area (Å²) >= 11 is 0. The first-order valence-electron chi connectivity index (χ1n) is 9.13. The highest BCUT2D eigenvalue weighted by molar-refractivity contribution is 6.08. The Morgan fingerprint density at radius 2 is 2.04 bits per heavy atom. The average molecular weight is 365 g/mol. The van der Waals surface area contributed by atoms with Crippen LogP contribution >= 0.6 is 0 Å². The van der Waals surface area contributed by atoms with Crippen molar-refractivity contribution in [3.63, 3.8) is 0 Å². The average Bonchev–Trinajstić information content (AvgIpc) is 3.16. The maximum atomic E-state index is 12.8. The van der Waals surface area contributed by atoms with Crippen LogP contribution in [0.3, 0.4) is 0 Å². The first kappa shape index (κ1) is 17.4. The number of benzene rings is 2. The van der Waals surface area contributed by atoms with Gasteiger partial charge in [-0.2, -0.15) is 0 Å². The third kappa shape index (κ3) is 2.91. The third-order valence-electron chi connectivity index (χ3n) is 5.40. The Morgan fingerprint density at radius 1 is 1.22 bits per heavy atom. The molecule has 27 heavy (non-hydrogen) atoms. The molecule has 2 amide bonds. The number of hydrogen-bond donors (Lipinski definition) is 1. The Labute approximate surface area is 158 Å². The summed E-state index contributed by atoms with van der Waals surface area (Å²) in [6, 6.07) is 10.9. The highest BCUT2D eigenvalue weighted by Crippen LogP contribution is 2.35. The van der Waals surface area contributed by atoms with Crippen molar-refractivity contribution in [1.29, 1.82) is 0 Å². The SMILES string of the molecule is COc1ccc(C)cc1NC(=O)c1ccc2c(c1)N(C)C1CCCN1C2=O. The van der Waals surface area contributed by atoms with Crippen LogP contribution in [0, 0.1) is 6.92 Å². The van der Waals surface area contributed by atoms with Gasteiger partial charge in [0.2, 0.25) is 0 Å². The Kier molecular flexibility index (Phi) is 4.26. The number of rotatable bonds is 3. The quantitative estimate of drug-likeness (QED) is 0.907. The summed E-state index contributed by atoms with van der Waals surface area (Å²) < 4.78 is 5.33. The van der Waals surface area contributed by atoms with Crippen LogP contribution in [0.1, 0.15) is 39.1 Å². The molecule has 6 nitrogen and oxygen atoms in total. The number of carbonyl (C=O) groups excluding carboxylic acids is 2. The lowest BCUT2D eigenvalue weighted by Crippen LogP contribution is -2.50. The second-order valence-electron chi connectivity index (χ2n) is 7.12. The van der Waals surface area contributed by atoms with E-state index in [1.165, 1.54) is 0 Å². The lowest BCUT2D eigenvalue weighted by atomic mass is 10.0. The standard InChI is InChI=1S/C21H23N3O3/c1-13-6-9-18(27-3)16(11-13)22-20(25)14-7-8-15-17(12-14)23(2)19-5-4-10-24(19)21(15)26/h6-9,11-12,19H,4-5,10H2,1-3H3,(H,22,25). The Bertz CT molecular complexity index is 925. The van der Waals surface area contributed by atoms with Crippen molar-refractivity contribution in [2.45, 2.75) is 25.9 Å².